The van der Waals surface area contributed by atoms with Crippen molar-refractivity contribution >= 4 is 22.4 Å². The van der Waals surface area contributed by atoms with Gasteiger partial charge >= 0.3 is 0 Å². The lowest BCUT2D eigenvalue weighted by molar-refractivity contribution is -0.128. The molecular formula is C14H20N4O2S. The molecule has 1 saturated carbocycles. The Labute approximate surface area is 127 Å². The normalized spacial score (nSPS) is 32.0. The second-order valence-electron chi connectivity index (χ2n) is 6.26. The number of aryl methyl sites for hydroxylation is 1. The molecule has 0 unspecified atom stereocenters. The van der Waals surface area contributed by atoms with Gasteiger partial charge in [-0.25, -0.2) is 0 Å². The number of nitrogens with zero attached hydrogens (tertiary/aromatic N) is 3. The molecule has 7 heteroatoms. The average molecular weight is 308 g/mol. The molecule has 1 aliphatic carbocycles. The lowest BCUT2D eigenvalue weighted by Gasteiger charge is -2.39. The molecule has 3 fully saturated rings. The quantitative estimate of drug-likeness (QED) is 0.901. The molecule has 0 spiro atoms. The molecule has 3 atom stereocenters. The van der Waals surface area contributed by atoms with E-state index in [-0.39, 0.29) is 17.9 Å². The van der Waals surface area contributed by atoms with Crippen LogP contribution < -0.4 is 10.2 Å². The largest absolute Gasteiger partial charge is 0.376 e. The third-order valence-electron chi connectivity index (χ3n) is 4.64. The minimum absolute atomic E-state index is 0.0102. The van der Waals surface area contributed by atoms with Crippen molar-refractivity contribution in [2.75, 3.05) is 24.6 Å². The van der Waals surface area contributed by atoms with E-state index in [0.29, 0.717) is 12.0 Å². The van der Waals surface area contributed by atoms with E-state index >= 15 is 0 Å². The number of ether oxygens (including phenoxy) is 1. The maximum absolute atomic E-state index is 12.5. The molecule has 114 valence electrons. The fourth-order valence-corrected chi connectivity index (χ4v) is 4.07. The van der Waals surface area contributed by atoms with E-state index < -0.39 is 0 Å². The van der Waals surface area contributed by atoms with Crippen LogP contribution in [0.15, 0.2) is 0 Å². The second kappa shape index (κ2) is 5.21. The Morgan fingerprint density at radius 1 is 1.33 bits per heavy atom. The van der Waals surface area contributed by atoms with Crippen molar-refractivity contribution in [3.8, 4) is 0 Å². The summed E-state index contributed by atoms with van der Waals surface area (Å²) in [5.74, 6) is 0.564. The Morgan fingerprint density at radius 3 is 2.90 bits per heavy atom. The number of hydrogen-bond acceptors (Lipinski definition) is 6. The molecule has 6 nitrogen and oxygen atoms in total. The molecule has 1 aromatic heterocycles. The SMILES string of the molecule is Cc1nnc(N2C[C@H]3OCC[C@H]3[C@H](C(=O)NC3CC3)C2)s1. The molecule has 0 aromatic carbocycles. The van der Waals surface area contributed by atoms with Gasteiger partial charge in [-0.3, -0.25) is 4.79 Å². The van der Waals surface area contributed by atoms with Crippen LogP contribution >= 0.6 is 11.3 Å². The van der Waals surface area contributed by atoms with Gasteiger partial charge in [-0.05, 0) is 26.2 Å². The summed E-state index contributed by atoms with van der Waals surface area (Å²) < 4.78 is 5.85. The lowest BCUT2D eigenvalue weighted by Crippen LogP contribution is -2.53. The van der Waals surface area contributed by atoms with Crippen molar-refractivity contribution in [3.05, 3.63) is 5.01 Å². The summed E-state index contributed by atoms with van der Waals surface area (Å²) in [6.07, 6.45) is 3.40. The van der Waals surface area contributed by atoms with E-state index in [0.717, 1.165) is 49.1 Å². The Bertz CT molecular complexity index is 545. The van der Waals surface area contributed by atoms with Gasteiger partial charge in [-0.15, -0.1) is 10.2 Å². The predicted molar refractivity (Wildman–Crippen MR) is 79.4 cm³/mol. The van der Waals surface area contributed by atoms with Crippen molar-refractivity contribution in [2.24, 2.45) is 11.8 Å². The van der Waals surface area contributed by atoms with Crippen LogP contribution in [0.5, 0.6) is 0 Å². The standard InChI is InChI=1S/C14H20N4O2S/c1-8-16-17-14(21-8)18-6-11(13(19)15-9-2-3-9)10-4-5-20-12(10)7-18/h9-12H,2-7H2,1H3,(H,15,19)/t10-,11+,12+/m0/s1. The summed E-state index contributed by atoms with van der Waals surface area (Å²) in [6.45, 7) is 4.28. The van der Waals surface area contributed by atoms with Gasteiger partial charge in [-0.2, -0.15) is 0 Å². The Kier molecular flexibility index (Phi) is 3.34. The van der Waals surface area contributed by atoms with Gasteiger partial charge in [0.1, 0.15) is 5.01 Å². The smallest absolute Gasteiger partial charge is 0.225 e. The fraction of sp³-hybridized carbons (Fsp3) is 0.786. The number of carbonyl (C=O) groups is 1. The molecule has 2 aliphatic heterocycles. The second-order valence-corrected chi connectivity index (χ2v) is 7.42. The third-order valence-corrected chi connectivity index (χ3v) is 5.54. The van der Waals surface area contributed by atoms with Gasteiger partial charge in [0, 0.05) is 31.7 Å². The molecule has 1 N–H and O–H groups in total. The Morgan fingerprint density at radius 2 is 2.19 bits per heavy atom. The molecule has 21 heavy (non-hydrogen) atoms. The number of hydrogen-bond donors (Lipinski definition) is 1. The number of amides is 1. The van der Waals surface area contributed by atoms with Crippen molar-refractivity contribution < 1.29 is 9.53 Å². The fourth-order valence-electron chi connectivity index (χ4n) is 3.36. The van der Waals surface area contributed by atoms with E-state index in [1.165, 1.54) is 0 Å². The monoisotopic (exact) mass is 308 g/mol. The highest BCUT2D eigenvalue weighted by atomic mass is 32.1. The summed E-state index contributed by atoms with van der Waals surface area (Å²) in [6, 6.07) is 0.414. The molecule has 0 radical (unpaired) electrons. The van der Waals surface area contributed by atoms with Crippen molar-refractivity contribution in [2.45, 2.75) is 38.3 Å². The minimum Gasteiger partial charge on any atom is -0.376 e. The average Bonchev–Trinajstić information content (AvgIpc) is 2.99. The van der Waals surface area contributed by atoms with Crippen molar-refractivity contribution in [1.82, 2.24) is 15.5 Å². The highest BCUT2D eigenvalue weighted by Gasteiger charge is 2.45. The van der Waals surface area contributed by atoms with Crippen LogP contribution in [0.3, 0.4) is 0 Å². The maximum atomic E-state index is 12.5. The van der Waals surface area contributed by atoms with E-state index in [2.05, 4.69) is 20.4 Å². The first-order chi connectivity index (χ1) is 10.2. The Hall–Kier alpha value is -1.21. The summed E-state index contributed by atoms with van der Waals surface area (Å²) in [5.41, 5.74) is 0. The van der Waals surface area contributed by atoms with Gasteiger partial charge in [0.05, 0.1) is 12.0 Å². The van der Waals surface area contributed by atoms with Gasteiger partial charge in [-0.1, -0.05) is 11.3 Å². The molecule has 1 aromatic rings. The van der Waals surface area contributed by atoms with Gasteiger partial charge in [0.15, 0.2) is 0 Å². The molecule has 1 amide bonds. The van der Waals surface area contributed by atoms with Crippen LogP contribution in [-0.4, -0.2) is 47.9 Å². The molecule has 4 rings (SSSR count). The molecular weight excluding hydrogens is 288 g/mol. The van der Waals surface area contributed by atoms with Crippen LogP contribution in [0.1, 0.15) is 24.3 Å². The van der Waals surface area contributed by atoms with Crippen LogP contribution in [0, 0.1) is 18.8 Å². The molecule has 3 heterocycles. The number of carbonyl (C=O) groups excluding carboxylic acids is 1. The van der Waals surface area contributed by atoms with Gasteiger partial charge in [0.25, 0.3) is 0 Å². The zero-order valence-electron chi connectivity index (χ0n) is 12.1. The number of nitrogens with one attached hydrogen (secondary N) is 1. The van der Waals surface area contributed by atoms with Crippen LogP contribution in [-0.2, 0) is 9.53 Å². The highest BCUT2D eigenvalue weighted by Crippen LogP contribution is 2.37. The molecule has 3 aliphatic rings. The highest BCUT2D eigenvalue weighted by molar-refractivity contribution is 7.15. The number of piperidine rings is 1. The lowest BCUT2D eigenvalue weighted by atomic mass is 9.82. The number of anilines is 1. The van der Waals surface area contributed by atoms with Crippen molar-refractivity contribution in [3.63, 3.8) is 0 Å². The zero-order valence-corrected chi connectivity index (χ0v) is 12.9. The van der Waals surface area contributed by atoms with E-state index in [4.69, 9.17) is 4.74 Å². The number of rotatable bonds is 3. The van der Waals surface area contributed by atoms with Gasteiger partial charge in [0.2, 0.25) is 11.0 Å². The third kappa shape index (κ3) is 2.64. The summed E-state index contributed by atoms with van der Waals surface area (Å²) >= 11 is 1.58. The first kappa shape index (κ1) is 13.5. The van der Waals surface area contributed by atoms with Crippen LogP contribution in [0.2, 0.25) is 0 Å². The van der Waals surface area contributed by atoms with E-state index in [9.17, 15) is 4.79 Å². The topological polar surface area (TPSA) is 67.3 Å². The molecule has 2 saturated heterocycles. The van der Waals surface area contributed by atoms with E-state index in [1.807, 2.05) is 6.92 Å². The zero-order chi connectivity index (χ0) is 14.4. The first-order valence-electron chi connectivity index (χ1n) is 7.68. The van der Waals surface area contributed by atoms with Crippen LogP contribution in [0.4, 0.5) is 5.13 Å². The summed E-state index contributed by atoms with van der Waals surface area (Å²) in [4.78, 5) is 14.7. The summed E-state index contributed by atoms with van der Waals surface area (Å²) in [7, 11) is 0. The first-order valence-corrected chi connectivity index (χ1v) is 8.49. The maximum Gasteiger partial charge on any atom is 0.225 e. The van der Waals surface area contributed by atoms with E-state index in [1.54, 1.807) is 11.3 Å². The molecule has 0 bridgehead atoms. The number of aromatic nitrogens is 2. The van der Waals surface area contributed by atoms with Gasteiger partial charge < -0.3 is 15.0 Å². The van der Waals surface area contributed by atoms with Crippen molar-refractivity contribution in [1.29, 1.82) is 0 Å². The summed E-state index contributed by atoms with van der Waals surface area (Å²) in [5, 5.41) is 13.3. The van der Waals surface area contributed by atoms with Crippen LogP contribution in [0.25, 0.3) is 0 Å². The Balaban J connectivity index is 1.53. The predicted octanol–water partition coefficient (Wildman–Crippen LogP) is 0.966. The minimum atomic E-state index is 0.0102. The number of fused-ring (bicyclic) bond motifs is 1.